The molecule has 0 aromatic carbocycles. The smallest absolute Gasteiger partial charge is 0.219 e. The second-order valence-electron chi connectivity index (χ2n) is 3.67. The number of nitrogens with zero attached hydrogens (tertiary/aromatic N) is 4. The number of rotatable bonds is 3. The maximum atomic E-state index is 5.29. The van der Waals surface area contributed by atoms with Crippen molar-refractivity contribution < 1.29 is 4.42 Å². The summed E-state index contributed by atoms with van der Waals surface area (Å²) in [4.78, 5) is 3.94. The van der Waals surface area contributed by atoms with E-state index in [1.54, 1.807) is 37.0 Å². The van der Waals surface area contributed by atoms with Crippen LogP contribution in [0.5, 0.6) is 0 Å². The Bertz CT molecular complexity index is 742. The van der Waals surface area contributed by atoms with Gasteiger partial charge in [-0.15, -0.1) is 5.10 Å². The first-order chi connectivity index (χ1) is 9.34. The molecule has 0 amide bonds. The summed E-state index contributed by atoms with van der Waals surface area (Å²) >= 11 is 5.14. The maximum absolute atomic E-state index is 5.29. The molecule has 1 N–H and O–H groups in total. The van der Waals surface area contributed by atoms with Crippen molar-refractivity contribution in [2.24, 2.45) is 5.10 Å². The summed E-state index contributed by atoms with van der Waals surface area (Å²) < 4.78 is 7.20. The van der Waals surface area contributed by atoms with Crippen LogP contribution in [0.15, 0.2) is 52.4 Å². The normalized spacial score (nSPS) is 11.2. The number of hydrogen-bond acceptors (Lipinski definition) is 5. The van der Waals surface area contributed by atoms with Gasteiger partial charge in [-0.05, 0) is 42.0 Å². The molecule has 3 aromatic rings. The summed E-state index contributed by atoms with van der Waals surface area (Å²) in [7, 11) is 0. The van der Waals surface area contributed by atoms with Gasteiger partial charge in [-0.3, -0.25) is 4.98 Å². The van der Waals surface area contributed by atoms with E-state index < -0.39 is 0 Å². The molecule has 0 spiro atoms. The Morgan fingerprint density at radius 1 is 1.32 bits per heavy atom. The Hall–Kier alpha value is -2.54. The van der Waals surface area contributed by atoms with Gasteiger partial charge in [-0.1, -0.05) is 0 Å². The van der Waals surface area contributed by atoms with Crippen LogP contribution in [0.4, 0.5) is 0 Å². The minimum atomic E-state index is 0.400. The van der Waals surface area contributed by atoms with E-state index in [9.17, 15) is 0 Å². The number of nitrogens with one attached hydrogen (secondary N) is 1. The van der Waals surface area contributed by atoms with Crippen LogP contribution in [0.1, 0.15) is 5.56 Å². The van der Waals surface area contributed by atoms with Gasteiger partial charge in [0.2, 0.25) is 10.6 Å². The van der Waals surface area contributed by atoms with Crippen molar-refractivity contribution in [2.45, 2.75) is 0 Å². The zero-order chi connectivity index (χ0) is 13.1. The highest BCUT2D eigenvalue weighted by Crippen LogP contribution is 2.17. The third-order valence-corrected chi connectivity index (χ3v) is 2.68. The lowest BCUT2D eigenvalue weighted by atomic mass is 10.3. The van der Waals surface area contributed by atoms with Gasteiger partial charge in [0.15, 0.2) is 5.76 Å². The van der Waals surface area contributed by atoms with Gasteiger partial charge in [0, 0.05) is 12.4 Å². The molecule has 6 nitrogen and oxygen atoms in total. The Morgan fingerprint density at radius 2 is 2.16 bits per heavy atom. The molecule has 0 fully saturated rings. The second-order valence-corrected chi connectivity index (χ2v) is 4.05. The zero-order valence-electron chi connectivity index (χ0n) is 9.72. The minimum absolute atomic E-state index is 0.400. The van der Waals surface area contributed by atoms with Crippen molar-refractivity contribution in [1.29, 1.82) is 0 Å². The predicted molar refractivity (Wildman–Crippen MR) is 72.3 cm³/mol. The molecule has 3 aromatic heterocycles. The molecule has 0 aliphatic rings. The van der Waals surface area contributed by atoms with Gasteiger partial charge in [-0.25, -0.2) is 5.10 Å². The zero-order valence-corrected chi connectivity index (χ0v) is 10.5. The van der Waals surface area contributed by atoms with Crippen LogP contribution in [0.25, 0.3) is 11.6 Å². The van der Waals surface area contributed by atoms with Crippen LogP contribution in [-0.4, -0.2) is 26.1 Å². The maximum Gasteiger partial charge on any atom is 0.219 e. The quantitative estimate of drug-likeness (QED) is 0.586. The molecule has 0 aliphatic carbocycles. The van der Waals surface area contributed by atoms with Crippen molar-refractivity contribution in [3.05, 3.63) is 53.3 Å². The molecule has 0 saturated carbocycles. The van der Waals surface area contributed by atoms with E-state index in [1.165, 1.54) is 4.68 Å². The van der Waals surface area contributed by atoms with E-state index in [0.717, 1.165) is 5.56 Å². The average molecular weight is 271 g/mol. The second kappa shape index (κ2) is 4.99. The van der Waals surface area contributed by atoms with Crippen LogP contribution >= 0.6 is 12.2 Å². The van der Waals surface area contributed by atoms with Crippen LogP contribution in [0.2, 0.25) is 0 Å². The van der Waals surface area contributed by atoms with E-state index in [4.69, 9.17) is 16.6 Å². The third kappa shape index (κ3) is 2.36. The first-order valence-corrected chi connectivity index (χ1v) is 5.91. The van der Waals surface area contributed by atoms with E-state index in [-0.39, 0.29) is 0 Å². The summed E-state index contributed by atoms with van der Waals surface area (Å²) in [5.74, 6) is 1.12. The molecule has 0 radical (unpaired) electrons. The summed E-state index contributed by atoms with van der Waals surface area (Å²) in [6.45, 7) is 0. The van der Waals surface area contributed by atoms with Crippen molar-refractivity contribution in [2.75, 3.05) is 0 Å². The minimum Gasteiger partial charge on any atom is -0.461 e. The van der Waals surface area contributed by atoms with Gasteiger partial charge in [-0.2, -0.15) is 9.78 Å². The van der Waals surface area contributed by atoms with Gasteiger partial charge < -0.3 is 4.42 Å². The molecule has 3 heterocycles. The SMILES string of the molecule is S=c1[nH]nc(-c2ccco2)n1/N=C\c1ccncc1. The number of aromatic nitrogens is 4. The fraction of sp³-hybridized carbons (Fsp3) is 0. The van der Waals surface area contributed by atoms with Crippen LogP contribution in [-0.2, 0) is 0 Å². The Morgan fingerprint density at radius 3 is 2.89 bits per heavy atom. The molecule has 0 bridgehead atoms. The highest BCUT2D eigenvalue weighted by atomic mass is 32.1. The molecule has 0 aliphatic heterocycles. The predicted octanol–water partition coefficient (Wildman–Crippen LogP) is 2.48. The lowest BCUT2D eigenvalue weighted by Crippen LogP contribution is -1.94. The molecule has 94 valence electrons. The highest BCUT2D eigenvalue weighted by molar-refractivity contribution is 7.71. The molecule has 3 rings (SSSR count). The van der Waals surface area contributed by atoms with E-state index in [1.807, 2.05) is 12.1 Å². The Labute approximate surface area is 113 Å². The number of aromatic amines is 1. The third-order valence-electron chi connectivity index (χ3n) is 2.42. The standard InChI is InChI=1S/C12H9N5OS/c19-12-16-15-11(10-2-1-7-18-10)17(12)14-8-9-3-5-13-6-4-9/h1-8H,(H,16,19)/b14-8-. The highest BCUT2D eigenvalue weighted by Gasteiger charge is 2.09. The summed E-state index contributed by atoms with van der Waals surface area (Å²) in [5, 5.41) is 11.1. The van der Waals surface area contributed by atoms with Crippen molar-refractivity contribution in [1.82, 2.24) is 19.9 Å². The number of hydrogen-bond donors (Lipinski definition) is 1. The number of H-pyrrole nitrogens is 1. The number of pyridine rings is 1. The van der Waals surface area contributed by atoms with E-state index in [0.29, 0.717) is 16.4 Å². The van der Waals surface area contributed by atoms with Gasteiger partial charge in [0.05, 0.1) is 12.5 Å². The molecule has 0 unspecified atom stereocenters. The van der Waals surface area contributed by atoms with Crippen molar-refractivity contribution >= 4 is 18.4 Å². The van der Waals surface area contributed by atoms with Gasteiger partial charge in [0.1, 0.15) is 0 Å². The first-order valence-electron chi connectivity index (χ1n) is 5.50. The van der Waals surface area contributed by atoms with Crippen LogP contribution in [0.3, 0.4) is 0 Å². The van der Waals surface area contributed by atoms with Crippen LogP contribution < -0.4 is 0 Å². The fourth-order valence-electron chi connectivity index (χ4n) is 1.54. The summed E-state index contributed by atoms with van der Waals surface area (Å²) in [6, 6.07) is 7.27. The van der Waals surface area contributed by atoms with Crippen molar-refractivity contribution in [3.63, 3.8) is 0 Å². The van der Waals surface area contributed by atoms with Crippen molar-refractivity contribution in [3.8, 4) is 11.6 Å². The average Bonchev–Trinajstić information content (AvgIpc) is 3.07. The molecular formula is C12H9N5OS. The lowest BCUT2D eigenvalue weighted by Gasteiger charge is -1.96. The molecule has 19 heavy (non-hydrogen) atoms. The summed E-state index contributed by atoms with van der Waals surface area (Å²) in [6.07, 6.45) is 6.65. The fourth-order valence-corrected chi connectivity index (χ4v) is 1.72. The topological polar surface area (TPSA) is 72.0 Å². The molecule has 0 saturated heterocycles. The van der Waals surface area contributed by atoms with E-state index in [2.05, 4.69) is 20.3 Å². The van der Waals surface area contributed by atoms with Gasteiger partial charge in [0.25, 0.3) is 0 Å². The lowest BCUT2D eigenvalue weighted by molar-refractivity contribution is 0.573. The van der Waals surface area contributed by atoms with E-state index >= 15 is 0 Å². The monoisotopic (exact) mass is 271 g/mol. The Kier molecular flexibility index (Phi) is 3.03. The van der Waals surface area contributed by atoms with Crippen LogP contribution in [0, 0.1) is 4.77 Å². The molecular weight excluding hydrogens is 262 g/mol. The molecule has 7 heteroatoms. The first kappa shape index (κ1) is 11.5. The van der Waals surface area contributed by atoms with Gasteiger partial charge >= 0.3 is 0 Å². The molecule has 0 atom stereocenters. The number of furan rings is 1. The Balaban J connectivity index is 2.00. The largest absolute Gasteiger partial charge is 0.461 e. The summed E-state index contributed by atoms with van der Waals surface area (Å²) in [5.41, 5.74) is 0.920.